The first-order valence-corrected chi connectivity index (χ1v) is 5.56. The fraction of sp³-hybridized carbons (Fsp3) is 0. The van der Waals surface area contributed by atoms with Gasteiger partial charge < -0.3 is 0 Å². The molecule has 0 unspecified atom stereocenters. The number of rotatable bonds is 0. The summed E-state index contributed by atoms with van der Waals surface area (Å²) in [4.78, 5) is 11.2. The molecule has 0 spiro atoms. The van der Waals surface area contributed by atoms with Crippen LogP contribution in [-0.2, 0) is 4.79 Å². The maximum atomic E-state index is 11.2. The zero-order chi connectivity index (χ0) is 12.2. The van der Waals surface area contributed by atoms with E-state index in [0.29, 0.717) is 0 Å². The van der Waals surface area contributed by atoms with Gasteiger partial charge in [-0.25, -0.2) is 0 Å². The lowest BCUT2D eigenvalue weighted by atomic mass is 10.3. The molecule has 5 nitrogen and oxygen atoms in total. The molecule has 0 N–H and O–H groups in total. The summed E-state index contributed by atoms with van der Waals surface area (Å²) in [5, 5.41) is 12.1. The predicted molar refractivity (Wildman–Crippen MR) is 68.0 cm³/mol. The highest BCUT2D eigenvalue weighted by Gasteiger charge is 1.84. The van der Waals surface area contributed by atoms with Gasteiger partial charge in [-0.05, 0) is 34.1 Å². The lowest BCUT2D eigenvalue weighted by molar-refractivity contribution is -0.110. The Balaban J connectivity index is 2.70. The van der Waals surface area contributed by atoms with Crippen LogP contribution in [0.1, 0.15) is 0 Å². The minimum atomic E-state index is -0.0818. The molecule has 0 amide bonds. The quantitative estimate of drug-likeness (QED) is 0.611. The Hall–Kier alpha value is -2.08. The number of carbonyl (C=O) groups excluding carboxylic acids is 1. The second-order valence-electron chi connectivity index (χ2n) is 2.66. The van der Waals surface area contributed by atoms with Crippen LogP contribution in [0.3, 0.4) is 0 Å². The van der Waals surface area contributed by atoms with Crippen LogP contribution >= 0.6 is 11.9 Å². The molecule has 0 atom stereocenters. The first-order chi connectivity index (χ1) is 8.39. The van der Waals surface area contributed by atoms with E-state index in [-0.39, 0.29) is 5.78 Å². The van der Waals surface area contributed by atoms with Crippen molar-refractivity contribution in [3.63, 3.8) is 0 Å². The molecule has 1 aliphatic heterocycles. The summed E-state index contributed by atoms with van der Waals surface area (Å²) in [7, 11) is 0. The third-order valence-electron chi connectivity index (χ3n) is 1.43. The van der Waals surface area contributed by atoms with Crippen LogP contribution in [0.2, 0.25) is 0 Å². The van der Waals surface area contributed by atoms with Crippen LogP contribution < -0.4 is 0 Å². The molecule has 1 heterocycles. The van der Waals surface area contributed by atoms with Crippen molar-refractivity contribution >= 4 is 17.7 Å². The van der Waals surface area contributed by atoms with Crippen molar-refractivity contribution in [3.05, 3.63) is 60.2 Å². The van der Waals surface area contributed by atoms with Gasteiger partial charge in [0.05, 0.1) is 6.20 Å². The van der Waals surface area contributed by atoms with Gasteiger partial charge in [0.25, 0.3) is 0 Å². The minimum absolute atomic E-state index is 0.0818. The third kappa shape index (κ3) is 7.80. The van der Waals surface area contributed by atoms with Gasteiger partial charge in [0.15, 0.2) is 5.78 Å². The summed E-state index contributed by atoms with van der Waals surface area (Å²) in [6.07, 6.45) is 14.5. The van der Waals surface area contributed by atoms with Crippen LogP contribution in [0, 0.1) is 0 Å². The monoisotopic (exact) mass is 246 g/mol. The summed E-state index contributed by atoms with van der Waals surface area (Å²) in [5.74, 6) is -0.0818. The Kier molecular flexibility index (Phi) is 7.00. The molecule has 1 rings (SSSR count). The van der Waals surface area contributed by atoms with E-state index in [4.69, 9.17) is 0 Å². The molecular weight excluding hydrogens is 236 g/mol. The number of allylic oxidation sites excluding steroid dienone is 8. The molecule has 0 fully saturated rings. The van der Waals surface area contributed by atoms with E-state index in [1.165, 1.54) is 18.4 Å². The Labute approximate surface area is 103 Å². The normalized spacial score (nSPS) is 30.0. The first-order valence-electron chi connectivity index (χ1n) is 4.72. The maximum Gasteiger partial charge on any atom is 0.178 e. The number of nitrogens with zero attached hydrogens (tertiary/aromatic N) is 4. The summed E-state index contributed by atoms with van der Waals surface area (Å²) >= 11 is 1.10. The van der Waals surface area contributed by atoms with E-state index in [9.17, 15) is 4.79 Å². The molecule has 17 heavy (non-hydrogen) atoms. The third-order valence-corrected chi connectivity index (χ3v) is 1.88. The van der Waals surface area contributed by atoms with E-state index in [1.54, 1.807) is 41.9 Å². The van der Waals surface area contributed by atoms with Gasteiger partial charge in [-0.2, -0.15) is 0 Å². The number of hydrogen-bond acceptors (Lipinski definition) is 6. The predicted octanol–water partition coefficient (Wildman–Crippen LogP) is 3.73. The number of hydrogen-bond donors (Lipinski definition) is 0. The average molecular weight is 246 g/mol. The molecule has 86 valence electrons. The van der Waals surface area contributed by atoms with Crippen molar-refractivity contribution in [2.75, 3.05) is 0 Å². The zero-order valence-electron chi connectivity index (χ0n) is 8.88. The highest BCUT2D eigenvalue weighted by molar-refractivity contribution is 8.00. The SMILES string of the molecule is O=C1\C=C/C=C\C=C/N=N/N=N\S/C=C\C=C/1. The van der Waals surface area contributed by atoms with Crippen molar-refractivity contribution in [3.8, 4) is 0 Å². The molecule has 0 aromatic heterocycles. The van der Waals surface area contributed by atoms with Gasteiger partial charge in [0.1, 0.15) is 0 Å². The summed E-state index contributed by atoms with van der Waals surface area (Å²) in [5.41, 5.74) is 0. The van der Waals surface area contributed by atoms with Crippen molar-refractivity contribution < 1.29 is 4.79 Å². The number of ketones is 1. The Morgan fingerprint density at radius 1 is 0.882 bits per heavy atom. The lowest BCUT2D eigenvalue weighted by Crippen LogP contribution is -1.82. The van der Waals surface area contributed by atoms with E-state index in [1.807, 2.05) is 0 Å². The van der Waals surface area contributed by atoms with Gasteiger partial charge in [0.2, 0.25) is 0 Å². The molecule has 0 bridgehead atoms. The smallest absolute Gasteiger partial charge is 0.178 e. The van der Waals surface area contributed by atoms with E-state index < -0.39 is 0 Å². The molecule has 0 saturated carbocycles. The van der Waals surface area contributed by atoms with Gasteiger partial charge >= 0.3 is 0 Å². The Morgan fingerprint density at radius 3 is 2.53 bits per heavy atom. The molecule has 0 aliphatic carbocycles. The fourth-order valence-corrected chi connectivity index (χ4v) is 1.06. The van der Waals surface area contributed by atoms with Crippen molar-refractivity contribution in [1.82, 2.24) is 0 Å². The highest BCUT2D eigenvalue weighted by Crippen LogP contribution is 2.04. The van der Waals surface area contributed by atoms with Crippen LogP contribution in [0.25, 0.3) is 0 Å². The molecule has 0 aromatic carbocycles. The highest BCUT2D eigenvalue weighted by atomic mass is 32.2. The van der Waals surface area contributed by atoms with Crippen LogP contribution in [0.5, 0.6) is 0 Å². The number of carbonyl (C=O) groups is 1. The summed E-state index contributed by atoms with van der Waals surface area (Å²) < 4.78 is 3.63. The summed E-state index contributed by atoms with van der Waals surface area (Å²) in [6.45, 7) is 0. The van der Waals surface area contributed by atoms with Crippen LogP contribution in [0.4, 0.5) is 0 Å². The second kappa shape index (κ2) is 9.17. The van der Waals surface area contributed by atoms with E-state index in [2.05, 4.69) is 20.1 Å². The largest absolute Gasteiger partial charge is 0.290 e. The minimum Gasteiger partial charge on any atom is -0.290 e. The van der Waals surface area contributed by atoms with Gasteiger partial charge in [-0.1, -0.05) is 34.9 Å². The topological polar surface area (TPSA) is 66.5 Å². The zero-order valence-corrected chi connectivity index (χ0v) is 9.70. The first kappa shape index (κ1) is 13.0. The summed E-state index contributed by atoms with van der Waals surface area (Å²) in [6, 6.07) is 0. The van der Waals surface area contributed by atoms with Crippen LogP contribution in [0.15, 0.2) is 80.3 Å². The van der Waals surface area contributed by atoms with E-state index in [0.717, 1.165) is 11.9 Å². The Morgan fingerprint density at radius 2 is 1.65 bits per heavy atom. The maximum absolute atomic E-state index is 11.2. The molecule has 6 heteroatoms. The molecular formula is C11H10N4OS. The van der Waals surface area contributed by atoms with Gasteiger partial charge in [-0.15, -0.1) is 5.11 Å². The average Bonchev–Trinajstić information content (AvgIpc) is 2.32. The lowest BCUT2D eigenvalue weighted by Gasteiger charge is -1.80. The molecule has 1 aliphatic rings. The molecule has 0 saturated heterocycles. The van der Waals surface area contributed by atoms with E-state index >= 15 is 0 Å². The van der Waals surface area contributed by atoms with Crippen molar-refractivity contribution in [2.24, 2.45) is 20.1 Å². The second-order valence-corrected chi connectivity index (χ2v) is 3.30. The van der Waals surface area contributed by atoms with Gasteiger partial charge in [-0.3, -0.25) is 4.79 Å². The van der Waals surface area contributed by atoms with Crippen molar-refractivity contribution in [1.29, 1.82) is 0 Å². The fourth-order valence-electron chi connectivity index (χ4n) is 0.771. The van der Waals surface area contributed by atoms with Crippen molar-refractivity contribution in [2.45, 2.75) is 0 Å². The molecule has 0 aromatic rings. The standard InChI is InChI=1S/C11H10N4OS/c16-11-7-3-1-2-5-9-12-13-14-15-17-10-6-4-8-11/h1-10H/b2-1-,7-3-,8-4-,9-5-,10-6-,13-12+,15-14-. The Bertz CT molecular complexity index is 444. The van der Waals surface area contributed by atoms with Gasteiger partial charge in [0, 0.05) is 11.9 Å². The molecule has 0 radical (unpaired) electrons. The van der Waals surface area contributed by atoms with Crippen LogP contribution in [-0.4, -0.2) is 5.78 Å².